The van der Waals surface area contributed by atoms with Crippen LogP contribution in [0.4, 0.5) is 0 Å². The lowest BCUT2D eigenvalue weighted by atomic mass is 10.1. The van der Waals surface area contributed by atoms with E-state index >= 15 is 0 Å². The predicted molar refractivity (Wildman–Crippen MR) is 84.4 cm³/mol. The van der Waals surface area contributed by atoms with Crippen LogP contribution in [0.15, 0.2) is 37.0 Å². The number of ether oxygens (including phenoxy) is 1. The van der Waals surface area contributed by atoms with Crippen molar-refractivity contribution in [1.82, 2.24) is 0 Å². The Bertz CT molecular complexity index is 651. The molecule has 2 rings (SSSR count). The van der Waals surface area contributed by atoms with Gasteiger partial charge in [-0.25, -0.2) is 0 Å². The number of thioether (sulfide) groups is 1. The molecule has 4 nitrogen and oxygen atoms in total. The number of hydrogen-bond acceptors (Lipinski definition) is 5. The van der Waals surface area contributed by atoms with Crippen molar-refractivity contribution in [2.45, 2.75) is 18.9 Å². The fourth-order valence-corrected chi connectivity index (χ4v) is 2.82. The molecule has 0 fully saturated rings. The Morgan fingerprint density at radius 3 is 2.60 bits per heavy atom. The fraction of sp³-hybridized carbons (Fsp3) is 0.286. The van der Waals surface area contributed by atoms with Crippen LogP contribution in [0.2, 0.25) is 0 Å². The number of halogens is 1. The Morgan fingerprint density at radius 1 is 1.40 bits per heavy atom. The van der Waals surface area contributed by atoms with Crippen LogP contribution in [-0.4, -0.2) is 19.3 Å². The Kier molecular flexibility index (Phi) is 6.81. The summed E-state index contributed by atoms with van der Waals surface area (Å²) < 4.78 is 10.4. The molecular formula is C14H15BrO4S. The van der Waals surface area contributed by atoms with Gasteiger partial charge < -0.3 is 9.15 Å². The van der Waals surface area contributed by atoms with Gasteiger partial charge >= 0.3 is 0 Å². The van der Waals surface area contributed by atoms with Crippen LogP contribution >= 0.6 is 27.7 Å². The van der Waals surface area contributed by atoms with Crippen molar-refractivity contribution < 1.29 is 13.9 Å². The van der Waals surface area contributed by atoms with Gasteiger partial charge in [0.25, 0.3) is 6.47 Å². The van der Waals surface area contributed by atoms with Crippen molar-refractivity contribution in [2.75, 3.05) is 12.9 Å². The molecule has 1 aromatic carbocycles. The molecule has 108 valence electrons. The first-order chi connectivity index (χ1) is 9.53. The lowest BCUT2D eigenvalue weighted by molar-refractivity contribution is -0.126. The Balaban J connectivity index is 0.000000444. The van der Waals surface area contributed by atoms with E-state index in [1.807, 2.05) is 26.0 Å². The SMILES string of the molecule is CCSc1cc(=O)c2cc(C)cc(Br)c2o1.COC=O. The summed E-state index contributed by atoms with van der Waals surface area (Å²) in [4.78, 5) is 20.8. The summed E-state index contributed by atoms with van der Waals surface area (Å²) in [5.41, 5.74) is 1.69. The smallest absolute Gasteiger partial charge is 0.292 e. The maximum atomic E-state index is 11.9. The molecule has 0 atom stereocenters. The predicted octanol–water partition coefficient (Wildman–Crippen LogP) is 3.77. The summed E-state index contributed by atoms with van der Waals surface area (Å²) in [5.74, 6) is 0.887. The van der Waals surface area contributed by atoms with Gasteiger partial charge in [-0.05, 0) is 46.3 Å². The molecule has 2 aromatic rings. The molecule has 0 amide bonds. The van der Waals surface area contributed by atoms with E-state index in [1.54, 1.807) is 6.07 Å². The van der Waals surface area contributed by atoms with E-state index in [1.165, 1.54) is 18.9 Å². The zero-order valence-corrected chi connectivity index (χ0v) is 13.8. The van der Waals surface area contributed by atoms with Gasteiger partial charge in [-0.2, -0.15) is 0 Å². The summed E-state index contributed by atoms with van der Waals surface area (Å²) in [5, 5.41) is 1.30. The second-order valence-electron chi connectivity index (χ2n) is 3.82. The molecule has 0 spiro atoms. The quantitative estimate of drug-likeness (QED) is 0.617. The normalized spacial score (nSPS) is 9.80. The van der Waals surface area contributed by atoms with Gasteiger partial charge in [0.2, 0.25) is 0 Å². The van der Waals surface area contributed by atoms with Gasteiger partial charge in [0.1, 0.15) is 0 Å². The van der Waals surface area contributed by atoms with Gasteiger partial charge in [-0.1, -0.05) is 18.7 Å². The Morgan fingerprint density at radius 2 is 2.05 bits per heavy atom. The summed E-state index contributed by atoms with van der Waals surface area (Å²) in [6, 6.07) is 5.36. The molecule has 0 unspecified atom stereocenters. The summed E-state index contributed by atoms with van der Waals surface area (Å²) in [6.45, 7) is 4.36. The van der Waals surface area contributed by atoms with Crippen LogP contribution in [0.1, 0.15) is 12.5 Å². The highest BCUT2D eigenvalue weighted by molar-refractivity contribution is 9.10. The van der Waals surface area contributed by atoms with E-state index in [-0.39, 0.29) is 5.43 Å². The third kappa shape index (κ3) is 4.38. The zero-order chi connectivity index (χ0) is 15.1. The topological polar surface area (TPSA) is 56.5 Å². The first kappa shape index (κ1) is 16.8. The van der Waals surface area contributed by atoms with E-state index in [2.05, 4.69) is 20.7 Å². The zero-order valence-electron chi connectivity index (χ0n) is 11.4. The van der Waals surface area contributed by atoms with E-state index in [4.69, 9.17) is 9.21 Å². The van der Waals surface area contributed by atoms with E-state index in [0.717, 1.165) is 15.8 Å². The van der Waals surface area contributed by atoms with Gasteiger partial charge in [-0.3, -0.25) is 9.59 Å². The third-order valence-electron chi connectivity index (χ3n) is 2.29. The molecule has 0 N–H and O–H groups in total. The first-order valence-electron chi connectivity index (χ1n) is 5.86. The number of methoxy groups -OCH3 is 1. The second kappa shape index (κ2) is 8.11. The Hall–Kier alpha value is -1.27. The van der Waals surface area contributed by atoms with Crippen molar-refractivity contribution in [3.8, 4) is 0 Å². The minimum atomic E-state index is 0.0154. The van der Waals surface area contributed by atoms with Crippen molar-refractivity contribution in [2.24, 2.45) is 0 Å². The number of carbonyl (C=O) groups is 1. The molecule has 0 radical (unpaired) electrons. The summed E-state index contributed by atoms with van der Waals surface area (Å²) in [6.07, 6.45) is 0. The van der Waals surface area contributed by atoms with Gasteiger partial charge in [0, 0.05) is 6.07 Å². The molecule has 1 heterocycles. The molecule has 0 saturated carbocycles. The summed E-state index contributed by atoms with van der Waals surface area (Å²) >= 11 is 4.95. The van der Waals surface area contributed by atoms with Crippen LogP contribution in [0.25, 0.3) is 11.0 Å². The Labute approximate surface area is 129 Å². The lowest BCUT2D eigenvalue weighted by Gasteiger charge is -2.04. The van der Waals surface area contributed by atoms with Crippen LogP contribution in [0, 0.1) is 6.92 Å². The monoisotopic (exact) mass is 358 g/mol. The average molecular weight is 359 g/mol. The van der Waals surface area contributed by atoms with E-state index in [0.29, 0.717) is 22.5 Å². The molecular weight excluding hydrogens is 344 g/mol. The summed E-state index contributed by atoms with van der Waals surface area (Å²) in [7, 11) is 1.31. The van der Waals surface area contributed by atoms with Gasteiger partial charge in [0.15, 0.2) is 16.1 Å². The molecule has 0 aliphatic rings. The molecule has 0 bridgehead atoms. The highest BCUT2D eigenvalue weighted by Gasteiger charge is 2.08. The minimum absolute atomic E-state index is 0.0154. The molecule has 0 saturated heterocycles. The number of fused-ring (bicyclic) bond motifs is 1. The van der Waals surface area contributed by atoms with Crippen LogP contribution in [0.3, 0.4) is 0 Å². The highest BCUT2D eigenvalue weighted by atomic mass is 79.9. The van der Waals surface area contributed by atoms with Crippen molar-refractivity contribution in [1.29, 1.82) is 0 Å². The number of carbonyl (C=O) groups excluding carboxylic acids is 1. The van der Waals surface area contributed by atoms with Crippen LogP contribution in [-0.2, 0) is 9.53 Å². The molecule has 0 aliphatic heterocycles. The molecule has 0 aliphatic carbocycles. The first-order valence-corrected chi connectivity index (χ1v) is 7.64. The van der Waals surface area contributed by atoms with E-state index in [9.17, 15) is 4.79 Å². The van der Waals surface area contributed by atoms with Gasteiger partial charge in [-0.15, -0.1) is 0 Å². The lowest BCUT2D eigenvalue weighted by Crippen LogP contribution is -2.00. The average Bonchev–Trinajstić information content (AvgIpc) is 2.41. The fourth-order valence-electron chi connectivity index (χ4n) is 1.54. The van der Waals surface area contributed by atoms with E-state index < -0.39 is 0 Å². The van der Waals surface area contributed by atoms with Crippen molar-refractivity contribution in [3.05, 3.63) is 38.5 Å². The molecule has 6 heteroatoms. The number of rotatable bonds is 3. The standard InChI is InChI=1S/C12H11BrO2S.C2H4O2/c1-3-16-11-6-10(14)8-4-7(2)5-9(13)12(8)15-11;1-4-2-3/h4-6H,3H2,1-2H3;2H,1H3. The minimum Gasteiger partial charge on any atom is -0.471 e. The molecule has 1 aromatic heterocycles. The maximum Gasteiger partial charge on any atom is 0.292 e. The van der Waals surface area contributed by atoms with Crippen molar-refractivity contribution in [3.63, 3.8) is 0 Å². The number of aryl methyl sites for hydroxylation is 1. The van der Waals surface area contributed by atoms with Crippen molar-refractivity contribution >= 4 is 45.1 Å². The molecule has 20 heavy (non-hydrogen) atoms. The second-order valence-corrected chi connectivity index (χ2v) is 5.94. The largest absolute Gasteiger partial charge is 0.471 e. The third-order valence-corrected chi connectivity index (χ3v) is 3.65. The highest BCUT2D eigenvalue weighted by Crippen LogP contribution is 2.27. The van der Waals surface area contributed by atoms with Crippen LogP contribution < -0.4 is 5.43 Å². The van der Waals surface area contributed by atoms with Crippen LogP contribution in [0.5, 0.6) is 0 Å². The number of benzene rings is 1. The number of hydrogen-bond donors (Lipinski definition) is 0. The maximum absolute atomic E-state index is 11.9. The van der Waals surface area contributed by atoms with Gasteiger partial charge in [0.05, 0.1) is 17.0 Å².